The highest BCUT2D eigenvalue weighted by molar-refractivity contribution is 5.77. The van der Waals surface area contributed by atoms with Crippen LogP contribution in [0, 0.1) is 0 Å². The van der Waals surface area contributed by atoms with E-state index in [0.29, 0.717) is 18.1 Å². The minimum atomic E-state index is 0.325. The summed E-state index contributed by atoms with van der Waals surface area (Å²) in [5, 5.41) is 3.09. The van der Waals surface area contributed by atoms with Crippen LogP contribution in [0.1, 0.15) is 38.7 Å². The number of nitrogens with two attached hydrogens (primary N) is 1. The topological polar surface area (TPSA) is 62.9 Å². The van der Waals surface area contributed by atoms with Gasteiger partial charge in [0.15, 0.2) is 5.96 Å². The molecule has 0 saturated carbocycles. The van der Waals surface area contributed by atoms with Crippen molar-refractivity contribution >= 4 is 5.96 Å². The fourth-order valence-electron chi connectivity index (χ4n) is 2.93. The van der Waals surface area contributed by atoms with Crippen molar-refractivity contribution in [3.63, 3.8) is 0 Å². The van der Waals surface area contributed by atoms with Gasteiger partial charge in [-0.05, 0) is 38.7 Å². The number of benzene rings is 1. The standard InChI is InChI=1S/C19H32N4O/c1-16(2)22-19(20)21-11-6-14-24-18-9-12-23(13-10-18)15-17-7-4-3-5-8-17/h3-5,7-8,16,18H,6,9-15H2,1-2H3,(H3,20,21,22). The molecule has 0 spiro atoms. The lowest BCUT2D eigenvalue weighted by atomic mass is 10.1. The van der Waals surface area contributed by atoms with E-state index >= 15 is 0 Å². The van der Waals surface area contributed by atoms with Crippen molar-refractivity contribution in [1.82, 2.24) is 10.2 Å². The SMILES string of the molecule is CC(C)NC(N)=NCCCOC1CCN(Cc2ccccc2)CC1. The predicted molar refractivity (Wildman–Crippen MR) is 100 cm³/mol. The maximum absolute atomic E-state index is 5.99. The number of nitrogens with one attached hydrogen (secondary N) is 1. The maximum atomic E-state index is 5.99. The smallest absolute Gasteiger partial charge is 0.188 e. The molecule has 0 atom stereocenters. The molecule has 5 heteroatoms. The van der Waals surface area contributed by atoms with Gasteiger partial charge in [0.2, 0.25) is 0 Å². The number of ether oxygens (including phenoxy) is 1. The van der Waals surface area contributed by atoms with E-state index in [1.807, 2.05) is 0 Å². The lowest BCUT2D eigenvalue weighted by Crippen LogP contribution is -2.37. The third-order valence-electron chi connectivity index (χ3n) is 4.16. The van der Waals surface area contributed by atoms with Crippen LogP contribution < -0.4 is 11.1 Å². The summed E-state index contributed by atoms with van der Waals surface area (Å²) >= 11 is 0. The van der Waals surface area contributed by atoms with Crippen LogP contribution in [0.15, 0.2) is 35.3 Å². The summed E-state index contributed by atoms with van der Waals surface area (Å²) in [4.78, 5) is 6.81. The van der Waals surface area contributed by atoms with Crippen LogP contribution in [0.4, 0.5) is 0 Å². The van der Waals surface area contributed by atoms with E-state index in [9.17, 15) is 0 Å². The van der Waals surface area contributed by atoms with Gasteiger partial charge in [-0.3, -0.25) is 9.89 Å². The summed E-state index contributed by atoms with van der Waals surface area (Å²) in [7, 11) is 0. The first-order chi connectivity index (χ1) is 11.6. The Kier molecular flexibility index (Phi) is 8.05. The third kappa shape index (κ3) is 7.32. The van der Waals surface area contributed by atoms with Crippen molar-refractivity contribution < 1.29 is 4.74 Å². The number of piperidine rings is 1. The molecule has 0 amide bonds. The number of guanidine groups is 1. The lowest BCUT2D eigenvalue weighted by Gasteiger charge is -2.31. The summed E-state index contributed by atoms with van der Waals surface area (Å²) in [6.07, 6.45) is 3.55. The highest BCUT2D eigenvalue weighted by Crippen LogP contribution is 2.16. The molecule has 5 nitrogen and oxygen atoms in total. The number of rotatable bonds is 8. The highest BCUT2D eigenvalue weighted by Gasteiger charge is 2.19. The van der Waals surface area contributed by atoms with E-state index in [2.05, 4.69) is 59.4 Å². The molecule has 2 rings (SSSR count). The molecular weight excluding hydrogens is 300 g/mol. The zero-order valence-corrected chi connectivity index (χ0v) is 15.1. The second-order valence-corrected chi connectivity index (χ2v) is 6.75. The van der Waals surface area contributed by atoms with Crippen molar-refractivity contribution in [3.8, 4) is 0 Å². The van der Waals surface area contributed by atoms with Crippen molar-refractivity contribution in [1.29, 1.82) is 0 Å². The zero-order chi connectivity index (χ0) is 17.2. The van der Waals surface area contributed by atoms with E-state index < -0.39 is 0 Å². The van der Waals surface area contributed by atoms with Crippen molar-refractivity contribution in [2.75, 3.05) is 26.2 Å². The quantitative estimate of drug-likeness (QED) is 0.436. The van der Waals surface area contributed by atoms with E-state index in [-0.39, 0.29) is 0 Å². The van der Waals surface area contributed by atoms with Crippen LogP contribution in [0.5, 0.6) is 0 Å². The average Bonchev–Trinajstić information content (AvgIpc) is 2.56. The fourth-order valence-corrected chi connectivity index (χ4v) is 2.93. The molecule has 3 N–H and O–H groups in total. The minimum absolute atomic E-state index is 0.325. The maximum Gasteiger partial charge on any atom is 0.188 e. The van der Waals surface area contributed by atoms with Crippen molar-refractivity contribution in [3.05, 3.63) is 35.9 Å². The molecule has 1 aliphatic rings. The van der Waals surface area contributed by atoms with Gasteiger partial charge in [-0.2, -0.15) is 0 Å². The van der Waals surface area contributed by atoms with Gasteiger partial charge in [0.05, 0.1) is 6.10 Å². The van der Waals surface area contributed by atoms with E-state index in [1.165, 1.54) is 5.56 Å². The number of aliphatic imine (C=N–C) groups is 1. The summed E-state index contributed by atoms with van der Waals surface area (Å²) < 4.78 is 5.99. The van der Waals surface area contributed by atoms with Gasteiger partial charge >= 0.3 is 0 Å². The van der Waals surface area contributed by atoms with Crippen LogP contribution in [0.3, 0.4) is 0 Å². The molecule has 1 aliphatic heterocycles. The second kappa shape index (κ2) is 10.3. The Morgan fingerprint density at radius 2 is 2.00 bits per heavy atom. The van der Waals surface area contributed by atoms with Crippen LogP contribution in [-0.4, -0.2) is 49.2 Å². The van der Waals surface area contributed by atoms with Gasteiger partial charge in [-0.1, -0.05) is 30.3 Å². The van der Waals surface area contributed by atoms with Gasteiger partial charge < -0.3 is 15.8 Å². The lowest BCUT2D eigenvalue weighted by molar-refractivity contribution is 0.00566. The summed E-state index contributed by atoms with van der Waals surface area (Å²) in [5.41, 5.74) is 7.16. The van der Waals surface area contributed by atoms with Crippen LogP contribution in [0.2, 0.25) is 0 Å². The second-order valence-electron chi connectivity index (χ2n) is 6.75. The van der Waals surface area contributed by atoms with Crippen LogP contribution in [0.25, 0.3) is 0 Å². The number of hydrogen-bond acceptors (Lipinski definition) is 3. The molecule has 134 valence electrons. The fraction of sp³-hybridized carbons (Fsp3) is 0.632. The highest BCUT2D eigenvalue weighted by atomic mass is 16.5. The first-order valence-electron chi connectivity index (χ1n) is 9.08. The van der Waals surface area contributed by atoms with E-state index in [0.717, 1.165) is 52.0 Å². The third-order valence-corrected chi connectivity index (χ3v) is 4.16. The molecule has 0 unspecified atom stereocenters. The summed E-state index contributed by atoms with van der Waals surface area (Å²) in [6, 6.07) is 11.0. The van der Waals surface area contributed by atoms with Gasteiger partial charge in [-0.15, -0.1) is 0 Å². The molecule has 0 bridgehead atoms. The zero-order valence-electron chi connectivity index (χ0n) is 15.1. The van der Waals surface area contributed by atoms with E-state index in [4.69, 9.17) is 10.5 Å². The van der Waals surface area contributed by atoms with E-state index in [1.54, 1.807) is 0 Å². The molecule has 24 heavy (non-hydrogen) atoms. The number of hydrogen-bond donors (Lipinski definition) is 2. The molecule has 0 aliphatic carbocycles. The molecule has 1 aromatic rings. The Morgan fingerprint density at radius 1 is 1.29 bits per heavy atom. The largest absolute Gasteiger partial charge is 0.378 e. The molecule has 1 aromatic carbocycles. The van der Waals surface area contributed by atoms with Crippen LogP contribution in [-0.2, 0) is 11.3 Å². The Labute approximate surface area is 146 Å². The predicted octanol–water partition coefficient (Wildman–Crippen LogP) is 2.37. The average molecular weight is 332 g/mol. The molecular formula is C19H32N4O. The molecule has 1 saturated heterocycles. The number of nitrogens with zero attached hydrogens (tertiary/aromatic N) is 2. The molecule has 1 fully saturated rings. The first-order valence-corrected chi connectivity index (χ1v) is 9.08. The summed E-state index contributed by atoms with van der Waals surface area (Å²) in [5.74, 6) is 0.527. The first kappa shape index (κ1) is 18.7. The Bertz CT molecular complexity index is 481. The van der Waals surface area contributed by atoms with Crippen LogP contribution >= 0.6 is 0 Å². The minimum Gasteiger partial charge on any atom is -0.378 e. The van der Waals surface area contributed by atoms with Crippen molar-refractivity contribution in [2.45, 2.75) is 51.8 Å². The van der Waals surface area contributed by atoms with Gasteiger partial charge in [0, 0.05) is 38.8 Å². The Balaban J connectivity index is 1.55. The molecule has 1 heterocycles. The Morgan fingerprint density at radius 3 is 2.67 bits per heavy atom. The number of likely N-dealkylation sites (tertiary alicyclic amines) is 1. The van der Waals surface area contributed by atoms with Gasteiger partial charge in [0.1, 0.15) is 0 Å². The van der Waals surface area contributed by atoms with Gasteiger partial charge in [-0.25, -0.2) is 0 Å². The van der Waals surface area contributed by atoms with Crippen molar-refractivity contribution in [2.24, 2.45) is 10.7 Å². The normalized spacial score (nSPS) is 17.4. The van der Waals surface area contributed by atoms with Gasteiger partial charge in [0.25, 0.3) is 0 Å². The monoisotopic (exact) mass is 332 g/mol. The Hall–Kier alpha value is -1.59. The molecule has 0 radical (unpaired) electrons. The molecule has 0 aromatic heterocycles. The summed E-state index contributed by atoms with van der Waals surface area (Å²) in [6.45, 7) is 8.86.